The van der Waals surface area contributed by atoms with Crippen molar-refractivity contribution in [3.63, 3.8) is 0 Å². The standard InChI is InChI=1S/C17H13N3O2/c18-8-10-1-3-11(4-2-10)9-19-20-16(21)14-12-5-6-13(7-12)15(14)17(20)22/h1-6,9,12-15H,7H2/t12-,13-,14-,15+/m0/s1. The van der Waals surface area contributed by atoms with E-state index in [4.69, 9.17) is 5.26 Å². The third-order valence-electron chi connectivity index (χ3n) is 4.81. The Labute approximate surface area is 127 Å². The number of carbonyl (C=O) groups excluding carboxylic acids is 2. The smallest absolute Gasteiger partial charge is 0.254 e. The fraction of sp³-hybridized carbons (Fsp3) is 0.294. The van der Waals surface area contributed by atoms with Crippen LogP contribution in [0.15, 0.2) is 41.5 Å². The quantitative estimate of drug-likeness (QED) is 0.473. The van der Waals surface area contributed by atoms with Gasteiger partial charge in [-0.1, -0.05) is 24.3 Å². The molecule has 2 amide bonds. The zero-order valence-corrected chi connectivity index (χ0v) is 11.7. The lowest BCUT2D eigenvalue weighted by atomic mass is 9.85. The minimum atomic E-state index is -0.222. The minimum absolute atomic E-state index is 0.184. The fourth-order valence-electron chi connectivity index (χ4n) is 3.77. The summed E-state index contributed by atoms with van der Waals surface area (Å²) in [5, 5.41) is 13.9. The van der Waals surface area contributed by atoms with E-state index in [1.807, 2.05) is 6.07 Å². The van der Waals surface area contributed by atoms with Crippen molar-refractivity contribution in [1.29, 1.82) is 5.26 Å². The van der Waals surface area contributed by atoms with E-state index in [2.05, 4.69) is 17.3 Å². The number of rotatable bonds is 2. The van der Waals surface area contributed by atoms with Gasteiger partial charge in [-0.3, -0.25) is 9.59 Å². The molecule has 22 heavy (non-hydrogen) atoms. The van der Waals surface area contributed by atoms with Gasteiger partial charge in [0.2, 0.25) is 0 Å². The Morgan fingerprint density at radius 3 is 2.23 bits per heavy atom. The molecule has 1 heterocycles. The molecule has 1 aromatic carbocycles. The number of carbonyl (C=O) groups is 2. The first-order chi connectivity index (χ1) is 10.7. The Hall–Kier alpha value is -2.74. The molecule has 2 aliphatic carbocycles. The van der Waals surface area contributed by atoms with Crippen LogP contribution in [0.3, 0.4) is 0 Å². The van der Waals surface area contributed by atoms with Crippen LogP contribution in [0, 0.1) is 35.0 Å². The number of allylic oxidation sites excluding steroid dienone is 2. The number of hydrogen-bond acceptors (Lipinski definition) is 4. The third kappa shape index (κ3) is 1.74. The van der Waals surface area contributed by atoms with Crippen LogP contribution in [-0.2, 0) is 9.59 Å². The zero-order valence-electron chi connectivity index (χ0n) is 11.7. The largest absolute Gasteiger partial charge is 0.272 e. The highest BCUT2D eigenvalue weighted by Gasteiger charge is 2.59. The molecule has 108 valence electrons. The van der Waals surface area contributed by atoms with E-state index in [1.165, 1.54) is 6.21 Å². The van der Waals surface area contributed by atoms with Crippen LogP contribution in [0.5, 0.6) is 0 Å². The molecule has 0 spiro atoms. The molecule has 0 radical (unpaired) electrons. The number of imide groups is 1. The van der Waals surface area contributed by atoms with Gasteiger partial charge in [0, 0.05) is 0 Å². The summed E-state index contributed by atoms with van der Waals surface area (Å²) in [4.78, 5) is 24.8. The number of amides is 2. The molecular weight excluding hydrogens is 278 g/mol. The van der Waals surface area contributed by atoms with E-state index in [0.29, 0.717) is 5.56 Å². The molecule has 1 saturated carbocycles. The van der Waals surface area contributed by atoms with Gasteiger partial charge in [-0.05, 0) is 36.0 Å². The summed E-state index contributed by atoms with van der Waals surface area (Å²) in [5.74, 6) is -0.419. The van der Waals surface area contributed by atoms with Crippen molar-refractivity contribution in [1.82, 2.24) is 5.01 Å². The number of nitriles is 1. The maximum atomic E-state index is 12.4. The normalized spacial score (nSPS) is 32.0. The zero-order chi connectivity index (χ0) is 15.3. The monoisotopic (exact) mass is 291 g/mol. The Bertz CT molecular complexity index is 727. The minimum Gasteiger partial charge on any atom is -0.272 e. The SMILES string of the molecule is N#Cc1ccc(C=NN2C(=O)[C@@H]3[C@H](C2=O)[C@H]2C=C[C@H]3C2)cc1. The summed E-state index contributed by atoms with van der Waals surface area (Å²) < 4.78 is 0. The molecule has 3 aliphatic rings. The van der Waals surface area contributed by atoms with Crippen molar-refractivity contribution in [2.45, 2.75) is 6.42 Å². The van der Waals surface area contributed by atoms with Crippen molar-refractivity contribution < 1.29 is 9.59 Å². The Morgan fingerprint density at radius 1 is 1.09 bits per heavy atom. The van der Waals surface area contributed by atoms with Gasteiger partial charge in [-0.25, -0.2) is 0 Å². The summed E-state index contributed by atoms with van der Waals surface area (Å²) in [6.45, 7) is 0. The molecular formula is C17H13N3O2. The highest BCUT2D eigenvalue weighted by atomic mass is 16.2. The maximum Gasteiger partial charge on any atom is 0.254 e. The number of fused-ring (bicyclic) bond motifs is 5. The second-order valence-electron chi connectivity index (χ2n) is 5.97. The number of nitrogens with zero attached hydrogens (tertiary/aromatic N) is 3. The molecule has 4 rings (SSSR count). The van der Waals surface area contributed by atoms with Gasteiger partial charge in [0.1, 0.15) is 0 Å². The summed E-state index contributed by atoms with van der Waals surface area (Å²) in [6.07, 6.45) is 6.53. The average Bonchev–Trinajstić information content (AvgIpc) is 3.21. The lowest BCUT2D eigenvalue weighted by Gasteiger charge is -2.13. The lowest BCUT2D eigenvalue weighted by molar-refractivity contribution is -0.140. The Morgan fingerprint density at radius 2 is 1.68 bits per heavy atom. The summed E-state index contributed by atoms with van der Waals surface area (Å²) in [5.41, 5.74) is 1.31. The van der Waals surface area contributed by atoms with Crippen LogP contribution < -0.4 is 0 Å². The van der Waals surface area contributed by atoms with Crippen LogP contribution in [-0.4, -0.2) is 23.0 Å². The highest BCUT2D eigenvalue weighted by molar-refractivity contribution is 6.06. The molecule has 0 aromatic heterocycles. The lowest BCUT2D eigenvalue weighted by Crippen LogP contribution is -2.28. The van der Waals surface area contributed by atoms with Gasteiger partial charge in [0.25, 0.3) is 11.8 Å². The second-order valence-corrected chi connectivity index (χ2v) is 5.97. The van der Waals surface area contributed by atoms with Gasteiger partial charge in [0.05, 0.1) is 29.7 Å². The highest BCUT2D eigenvalue weighted by Crippen LogP contribution is 2.52. The predicted octanol–water partition coefficient (Wildman–Crippen LogP) is 1.70. The molecule has 0 unspecified atom stereocenters. The second kappa shape index (κ2) is 4.63. The van der Waals surface area contributed by atoms with Crippen molar-refractivity contribution in [2.24, 2.45) is 28.8 Å². The average molecular weight is 291 g/mol. The number of hydrogen-bond donors (Lipinski definition) is 0. The van der Waals surface area contributed by atoms with E-state index in [9.17, 15) is 9.59 Å². The summed E-state index contributed by atoms with van der Waals surface area (Å²) in [6, 6.07) is 8.86. The van der Waals surface area contributed by atoms with E-state index < -0.39 is 0 Å². The van der Waals surface area contributed by atoms with Gasteiger partial charge in [0.15, 0.2) is 0 Å². The molecule has 1 aromatic rings. The van der Waals surface area contributed by atoms with Crippen molar-refractivity contribution >= 4 is 18.0 Å². The summed E-state index contributed by atoms with van der Waals surface area (Å²) in [7, 11) is 0. The molecule has 2 fully saturated rings. The molecule has 1 saturated heterocycles. The number of hydrazone groups is 1. The molecule has 4 atom stereocenters. The van der Waals surface area contributed by atoms with E-state index in [1.54, 1.807) is 24.3 Å². The van der Waals surface area contributed by atoms with Gasteiger partial charge >= 0.3 is 0 Å². The summed E-state index contributed by atoms with van der Waals surface area (Å²) >= 11 is 0. The van der Waals surface area contributed by atoms with E-state index >= 15 is 0 Å². The molecule has 0 N–H and O–H groups in total. The topological polar surface area (TPSA) is 73.5 Å². The van der Waals surface area contributed by atoms with Crippen LogP contribution in [0.2, 0.25) is 0 Å². The fourth-order valence-corrected chi connectivity index (χ4v) is 3.77. The van der Waals surface area contributed by atoms with Crippen molar-refractivity contribution in [3.8, 4) is 6.07 Å². The molecule has 1 aliphatic heterocycles. The van der Waals surface area contributed by atoms with Gasteiger partial charge in [-0.15, -0.1) is 0 Å². The first-order valence-corrected chi connectivity index (χ1v) is 7.29. The van der Waals surface area contributed by atoms with Crippen LogP contribution in [0.1, 0.15) is 17.5 Å². The third-order valence-corrected chi connectivity index (χ3v) is 4.81. The van der Waals surface area contributed by atoms with Crippen molar-refractivity contribution in [2.75, 3.05) is 0 Å². The van der Waals surface area contributed by atoms with Crippen molar-refractivity contribution in [3.05, 3.63) is 47.5 Å². The molecule has 5 nitrogen and oxygen atoms in total. The first-order valence-electron chi connectivity index (χ1n) is 7.29. The number of benzene rings is 1. The molecule has 5 heteroatoms. The van der Waals surface area contributed by atoms with Crippen LogP contribution in [0.25, 0.3) is 0 Å². The van der Waals surface area contributed by atoms with E-state index in [0.717, 1.165) is 17.0 Å². The van der Waals surface area contributed by atoms with Crippen LogP contribution in [0.4, 0.5) is 0 Å². The van der Waals surface area contributed by atoms with E-state index in [-0.39, 0.29) is 35.5 Å². The maximum absolute atomic E-state index is 12.4. The predicted molar refractivity (Wildman–Crippen MR) is 78.3 cm³/mol. The molecule has 2 bridgehead atoms. The Balaban J connectivity index is 1.56. The van der Waals surface area contributed by atoms with Crippen LogP contribution >= 0.6 is 0 Å². The van der Waals surface area contributed by atoms with Gasteiger partial charge < -0.3 is 0 Å². The Kier molecular flexibility index (Phi) is 2.73. The van der Waals surface area contributed by atoms with Gasteiger partial charge in [-0.2, -0.15) is 15.4 Å². The first kappa shape index (κ1) is 13.0.